The van der Waals surface area contributed by atoms with Crippen molar-refractivity contribution in [2.45, 2.75) is 19.5 Å². The molecule has 0 aliphatic carbocycles. The van der Waals surface area contributed by atoms with Crippen molar-refractivity contribution in [2.24, 2.45) is 0 Å². The lowest BCUT2D eigenvalue weighted by Crippen LogP contribution is -2.14. The fraction of sp³-hybridized carbons (Fsp3) is 0.267. The summed E-state index contributed by atoms with van der Waals surface area (Å²) in [6.07, 6.45) is -2.38. The van der Waals surface area contributed by atoms with Crippen LogP contribution < -0.4 is 5.32 Å². The van der Waals surface area contributed by atoms with E-state index in [0.29, 0.717) is 13.0 Å². The van der Waals surface area contributed by atoms with Gasteiger partial charge in [-0.3, -0.25) is 0 Å². The van der Waals surface area contributed by atoms with E-state index in [4.69, 9.17) is 0 Å². The first-order valence-electron chi connectivity index (χ1n) is 6.29. The van der Waals surface area contributed by atoms with Crippen LogP contribution in [0, 0.1) is 6.92 Å². The summed E-state index contributed by atoms with van der Waals surface area (Å²) >= 11 is 0. The van der Waals surface area contributed by atoms with E-state index in [1.807, 2.05) is 31.2 Å². The van der Waals surface area contributed by atoms with Gasteiger partial charge in [-0.25, -0.2) is 4.98 Å². The van der Waals surface area contributed by atoms with Crippen LogP contribution in [-0.4, -0.2) is 11.5 Å². The molecule has 1 N–H and O–H groups in total. The first kappa shape index (κ1) is 14.4. The van der Waals surface area contributed by atoms with Gasteiger partial charge in [0.2, 0.25) is 0 Å². The predicted octanol–water partition coefficient (Wildman–Crippen LogP) is 4.06. The van der Waals surface area contributed by atoms with Crippen molar-refractivity contribution in [3.8, 4) is 0 Å². The molecule has 0 spiro atoms. The van der Waals surface area contributed by atoms with Gasteiger partial charge in [-0.1, -0.05) is 24.3 Å². The molecule has 0 saturated heterocycles. The van der Waals surface area contributed by atoms with Crippen molar-refractivity contribution in [2.75, 3.05) is 11.9 Å². The average Bonchev–Trinajstić information content (AvgIpc) is 2.40. The number of aryl methyl sites for hydroxylation is 1. The predicted molar refractivity (Wildman–Crippen MR) is 72.6 cm³/mol. The largest absolute Gasteiger partial charge is 0.419 e. The van der Waals surface area contributed by atoms with E-state index in [1.165, 1.54) is 12.3 Å². The lowest BCUT2D eigenvalue weighted by Gasteiger charge is -2.13. The number of hydrogen-bond acceptors (Lipinski definition) is 2. The highest BCUT2D eigenvalue weighted by Gasteiger charge is 2.33. The van der Waals surface area contributed by atoms with Crippen LogP contribution in [0.1, 0.15) is 16.7 Å². The summed E-state index contributed by atoms with van der Waals surface area (Å²) in [6, 6.07) is 10.1. The zero-order valence-electron chi connectivity index (χ0n) is 11.0. The van der Waals surface area contributed by atoms with Gasteiger partial charge in [0.25, 0.3) is 0 Å². The van der Waals surface area contributed by atoms with Crippen LogP contribution in [0.3, 0.4) is 0 Å². The molecule has 0 amide bonds. The van der Waals surface area contributed by atoms with E-state index in [-0.39, 0.29) is 5.82 Å². The highest BCUT2D eigenvalue weighted by atomic mass is 19.4. The molecule has 2 nitrogen and oxygen atoms in total. The highest BCUT2D eigenvalue weighted by Crippen LogP contribution is 2.33. The molecule has 0 radical (unpaired) electrons. The zero-order chi connectivity index (χ0) is 14.6. The third-order valence-electron chi connectivity index (χ3n) is 3.06. The van der Waals surface area contributed by atoms with Crippen molar-refractivity contribution in [1.82, 2.24) is 4.98 Å². The lowest BCUT2D eigenvalue weighted by molar-refractivity contribution is -0.137. The zero-order valence-corrected chi connectivity index (χ0v) is 11.0. The van der Waals surface area contributed by atoms with Gasteiger partial charge in [-0.15, -0.1) is 0 Å². The standard InChI is InChI=1S/C15H15F3N2/c1-11-5-2-3-6-12(11)8-10-20-14-13(15(16,17)18)7-4-9-19-14/h2-7,9H,8,10H2,1H3,(H,19,20). The number of halogens is 3. The van der Waals surface area contributed by atoms with E-state index in [2.05, 4.69) is 10.3 Å². The average molecular weight is 280 g/mol. The van der Waals surface area contributed by atoms with Gasteiger partial charge in [0.1, 0.15) is 5.82 Å². The van der Waals surface area contributed by atoms with Crippen molar-refractivity contribution in [3.05, 3.63) is 59.3 Å². The fourth-order valence-electron chi connectivity index (χ4n) is 1.98. The normalized spacial score (nSPS) is 11.4. The number of pyridine rings is 1. The summed E-state index contributed by atoms with van der Waals surface area (Å²) in [6.45, 7) is 2.39. The van der Waals surface area contributed by atoms with E-state index in [1.54, 1.807) is 0 Å². The van der Waals surface area contributed by atoms with Gasteiger partial charge in [0.05, 0.1) is 5.56 Å². The van der Waals surface area contributed by atoms with Crippen molar-refractivity contribution in [1.29, 1.82) is 0 Å². The summed E-state index contributed by atoms with van der Waals surface area (Å²) in [5.74, 6) is -0.117. The van der Waals surface area contributed by atoms with Crippen LogP contribution in [0.4, 0.5) is 19.0 Å². The number of aromatic nitrogens is 1. The second-order valence-electron chi connectivity index (χ2n) is 4.50. The first-order chi connectivity index (χ1) is 9.48. The lowest BCUT2D eigenvalue weighted by atomic mass is 10.1. The van der Waals surface area contributed by atoms with E-state index < -0.39 is 11.7 Å². The Balaban J connectivity index is 2.04. The molecule has 1 heterocycles. The van der Waals surface area contributed by atoms with Crippen LogP contribution in [0.15, 0.2) is 42.6 Å². The van der Waals surface area contributed by atoms with Crippen LogP contribution in [0.5, 0.6) is 0 Å². The van der Waals surface area contributed by atoms with Crippen LogP contribution in [-0.2, 0) is 12.6 Å². The molecule has 2 aromatic rings. The molecule has 2 rings (SSSR count). The van der Waals surface area contributed by atoms with E-state index >= 15 is 0 Å². The molecule has 0 fully saturated rings. The van der Waals surface area contributed by atoms with Crippen LogP contribution in [0.25, 0.3) is 0 Å². The van der Waals surface area contributed by atoms with Crippen molar-refractivity contribution < 1.29 is 13.2 Å². The SMILES string of the molecule is Cc1ccccc1CCNc1ncccc1C(F)(F)F. The van der Waals surface area contributed by atoms with Crippen LogP contribution in [0.2, 0.25) is 0 Å². The Morgan fingerprint density at radius 1 is 1.10 bits per heavy atom. The summed E-state index contributed by atoms with van der Waals surface area (Å²) in [5.41, 5.74) is 1.51. The van der Waals surface area contributed by atoms with Gasteiger partial charge in [0, 0.05) is 12.7 Å². The minimum Gasteiger partial charge on any atom is -0.369 e. The Labute approximate surface area is 115 Å². The third-order valence-corrected chi connectivity index (χ3v) is 3.06. The number of nitrogens with one attached hydrogen (secondary N) is 1. The first-order valence-corrected chi connectivity index (χ1v) is 6.29. The molecule has 106 valence electrons. The van der Waals surface area contributed by atoms with Gasteiger partial charge in [-0.2, -0.15) is 13.2 Å². The molecule has 0 bridgehead atoms. The monoisotopic (exact) mass is 280 g/mol. The summed E-state index contributed by atoms with van der Waals surface area (Å²) in [5, 5.41) is 2.76. The van der Waals surface area contributed by atoms with Crippen molar-refractivity contribution >= 4 is 5.82 Å². The molecular weight excluding hydrogens is 265 g/mol. The Morgan fingerprint density at radius 2 is 1.85 bits per heavy atom. The maximum atomic E-state index is 12.8. The Morgan fingerprint density at radius 3 is 2.55 bits per heavy atom. The molecule has 0 atom stereocenters. The maximum Gasteiger partial charge on any atom is 0.419 e. The molecule has 0 aliphatic heterocycles. The minimum atomic E-state index is -4.39. The molecule has 1 aromatic carbocycles. The van der Waals surface area contributed by atoms with Gasteiger partial charge < -0.3 is 5.32 Å². The number of alkyl halides is 3. The molecule has 1 aromatic heterocycles. The maximum absolute atomic E-state index is 12.8. The second kappa shape index (κ2) is 5.94. The Kier molecular flexibility index (Phi) is 4.27. The Bertz CT molecular complexity index is 579. The fourth-order valence-corrected chi connectivity index (χ4v) is 1.98. The number of hydrogen-bond donors (Lipinski definition) is 1. The second-order valence-corrected chi connectivity index (χ2v) is 4.50. The summed E-state index contributed by atoms with van der Waals surface area (Å²) in [7, 11) is 0. The molecule has 0 aliphatic rings. The Hall–Kier alpha value is -2.04. The van der Waals surface area contributed by atoms with Gasteiger partial charge >= 0.3 is 6.18 Å². The molecule has 5 heteroatoms. The molecule has 0 saturated carbocycles. The molecular formula is C15H15F3N2. The molecule has 20 heavy (non-hydrogen) atoms. The van der Waals surface area contributed by atoms with Crippen molar-refractivity contribution in [3.63, 3.8) is 0 Å². The number of anilines is 1. The number of rotatable bonds is 4. The topological polar surface area (TPSA) is 24.9 Å². The van der Waals surface area contributed by atoms with Crippen LogP contribution >= 0.6 is 0 Å². The molecule has 0 unspecified atom stereocenters. The van der Waals surface area contributed by atoms with E-state index in [9.17, 15) is 13.2 Å². The smallest absolute Gasteiger partial charge is 0.369 e. The summed E-state index contributed by atoms with van der Waals surface area (Å²) in [4.78, 5) is 3.77. The highest BCUT2D eigenvalue weighted by molar-refractivity contribution is 5.45. The summed E-state index contributed by atoms with van der Waals surface area (Å²) < 4.78 is 38.3. The van der Waals surface area contributed by atoms with E-state index in [0.717, 1.165) is 17.2 Å². The van der Waals surface area contributed by atoms with Gasteiger partial charge in [0.15, 0.2) is 0 Å². The quantitative estimate of drug-likeness (QED) is 0.913. The van der Waals surface area contributed by atoms with Gasteiger partial charge in [-0.05, 0) is 36.6 Å². The third kappa shape index (κ3) is 3.50. The number of nitrogens with zero attached hydrogens (tertiary/aromatic N) is 1. The number of benzene rings is 1. The minimum absolute atomic E-state index is 0.117.